The van der Waals surface area contributed by atoms with Crippen LogP contribution in [0.4, 0.5) is 5.69 Å². The van der Waals surface area contributed by atoms with E-state index in [1.165, 1.54) is 0 Å². The van der Waals surface area contributed by atoms with Crippen molar-refractivity contribution in [1.82, 2.24) is 4.98 Å². The number of rotatable bonds is 6. The second-order valence-electron chi connectivity index (χ2n) is 5.84. The van der Waals surface area contributed by atoms with Crippen LogP contribution in [0, 0.1) is 0 Å². The Bertz CT molecular complexity index is 910. The number of benzene rings is 2. The van der Waals surface area contributed by atoms with Crippen LogP contribution < -0.4 is 9.64 Å². The Morgan fingerprint density at radius 3 is 2.81 bits per heavy atom. The molecular weight excluding hydrogens is 368 g/mol. The van der Waals surface area contributed by atoms with Crippen LogP contribution in [0.25, 0.3) is 0 Å². The summed E-state index contributed by atoms with van der Waals surface area (Å²) in [4.78, 5) is 18.8. The Morgan fingerprint density at radius 1 is 1.23 bits per heavy atom. The molecular formula is C20H19ClN2O2S. The molecule has 0 radical (unpaired) electrons. The van der Waals surface area contributed by atoms with Gasteiger partial charge in [-0.1, -0.05) is 35.9 Å². The van der Waals surface area contributed by atoms with Gasteiger partial charge >= 0.3 is 0 Å². The van der Waals surface area contributed by atoms with Crippen molar-refractivity contribution in [1.29, 1.82) is 0 Å². The molecule has 4 nitrogen and oxygen atoms in total. The molecule has 0 aliphatic heterocycles. The van der Waals surface area contributed by atoms with Gasteiger partial charge in [0.2, 0.25) is 5.91 Å². The van der Waals surface area contributed by atoms with Gasteiger partial charge in [-0.15, -0.1) is 11.3 Å². The summed E-state index contributed by atoms with van der Waals surface area (Å²) in [5.41, 5.74) is 2.63. The van der Waals surface area contributed by atoms with Crippen molar-refractivity contribution in [3.8, 4) is 5.75 Å². The summed E-state index contributed by atoms with van der Waals surface area (Å²) in [6.45, 7) is 0. The van der Waals surface area contributed by atoms with Crippen molar-refractivity contribution >= 4 is 34.5 Å². The maximum Gasteiger partial charge on any atom is 0.232 e. The van der Waals surface area contributed by atoms with E-state index >= 15 is 0 Å². The van der Waals surface area contributed by atoms with Crippen LogP contribution in [0.1, 0.15) is 16.3 Å². The average molecular weight is 387 g/mol. The molecule has 0 aliphatic rings. The normalized spacial score (nSPS) is 10.6. The number of anilines is 1. The van der Waals surface area contributed by atoms with Gasteiger partial charge in [0, 0.05) is 23.9 Å². The summed E-state index contributed by atoms with van der Waals surface area (Å²) in [6, 6.07) is 15.2. The zero-order valence-electron chi connectivity index (χ0n) is 14.6. The van der Waals surface area contributed by atoms with Gasteiger partial charge in [-0.05, 0) is 29.8 Å². The molecule has 2 aromatic carbocycles. The van der Waals surface area contributed by atoms with Crippen molar-refractivity contribution in [2.75, 3.05) is 19.1 Å². The minimum absolute atomic E-state index is 0.0332. The number of ether oxygens (including phenoxy) is 1. The minimum atomic E-state index is -0.0332. The molecule has 1 amide bonds. The smallest absolute Gasteiger partial charge is 0.232 e. The molecule has 3 rings (SSSR count). The van der Waals surface area contributed by atoms with Crippen LogP contribution in [-0.2, 0) is 17.6 Å². The van der Waals surface area contributed by atoms with Gasteiger partial charge < -0.3 is 9.64 Å². The quantitative estimate of drug-likeness (QED) is 0.621. The first-order valence-electron chi connectivity index (χ1n) is 8.14. The molecule has 0 fully saturated rings. The predicted octanol–water partition coefficient (Wildman–Crippen LogP) is 4.60. The van der Waals surface area contributed by atoms with Gasteiger partial charge in [0.15, 0.2) is 0 Å². The highest BCUT2D eigenvalue weighted by molar-refractivity contribution is 7.09. The first-order valence-corrected chi connectivity index (χ1v) is 9.40. The van der Waals surface area contributed by atoms with E-state index in [0.29, 0.717) is 17.2 Å². The number of nitrogens with zero attached hydrogens (tertiary/aromatic N) is 2. The molecule has 6 heteroatoms. The number of halogens is 1. The molecule has 1 heterocycles. The summed E-state index contributed by atoms with van der Waals surface area (Å²) in [7, 11) is 3.35. The van der Waals surface area contributed by atoms with Crippen LogP contribution in [0.3, 0.4) is 0 Å². The summed E-state index contributed by atoms with van der Waals surface area (Å²) >= 11 is 7.58. The second-order valence-corrected chi connectivity index (χ2v) is 7.22. The summed E-state index contributed by atoms with van der Waals surface area (Å²) in [6.07, 6.45) is 0.961. The maximum absolute atomic E-state index is 12.6. The first kappa shape index (κ1) is 18.4. The number of hydrogen-bond donors (Lipinski definition) is 0. The van der Waals surface area contributed by atoms with Crippen molar-refractivity contribution in [2.45, 2.75) is 12.8 Å². The van der Waals surface area contributed by atoms with E-state index in [1.807, 2.05) is 53.9 Å². The lowest BCUT2D eigenvalue weighted by Crippen LogP contribution is -2.28. The third-order valence-corrected chi connectivity index (χ3v) is 5.13. The Morgan fingerprint density at radius 2 is 2.04 bits per heavy atom. The van der Waals surface area contributed by atoms with Gasteiger partial charge in [-0.2, -0.15) is 0 Å². The fraction of sp³-hybridized carbons (Fsp3) is 0.200. The topological polar surface area (TPSA) is 42.4 Å². The summed E-state index contributed by atoms with van der Waals surface area (Å²) in [5.74, 6) is 0.636. The van der Waals surface area contributed by atoms with Crippen molar-refractivity contribution in [3.63, 3.8) is 0 Å². The van der Waals surface area contributed by atoms with E-state index in [0.717, 1.165) is 22.0 Å². The number of amides is 1. The second kappa shape index (κ2) is 8.34. The Balaban J connectivity index is 1.67. The number of aromatic nitrogens is 1. The van der Waals surface area contributed by atoms with Crippen LogP contribution in [0.5, 0.6) is 5.75 Å². The molecule has 0 aliphatic carbocycles. The largest absolute Gasteiger partial charge is 0.495 e. The SMILES string of the molecule is COc1ccccc1N(C)C(=O)Cc1csc(Cc2cccc(Cl)c2)n1. The van der Waals surface area contributed by atoms with Gasteiger partial charge in [0.25, 0.3) is 0 Å². The van der Waals surface area contributed by atoms with E-state index in [1.54, 1.807) is 30.4 Å². The fourth-order valence-electron chi connectivity index (χ4n) is 2.65. The molecule has 0 N–H and O–H groups in total. The van der Waals surface area contributed by atoms with Gasteiger partial charge in [0.05, 0.1) is 29.9 Å². The number of carbonyl (C=O) groups is 1. The number of para-hydroxylation sites is 2. The van der Waals surface area contributed by atoms with Crippen LogP contribution >= 0.6 is 22.9 Å². The molecule has 0 saturated carbocycles. The zero-order valence-corrected chi connectivity index (χ0v) is 16.2. The third-order valence-electron chi connectivity index (χ3n) is 4.00. The maximum atomic E-state index is 12.6. The first-order chi connectivity index (χ1) is 12.6. The van der Waals surface area contributed by atoms with Crippen LogP contribution in [0.15, 0.2) is 53.9 Å². The Kier molecular flexibility index (Phi) is 5.91. The van der Waals surface area contributed by atoms with E-state index < -0.39 is 0 Å². The lowest BCUT2D eigenvalue weighted by Gasteiger charge is -2.19. The highest BCUT2D eigenvalue weighted by atomic mass is 35.5. The monoisotopic (exact) mass is 386 g/mol. The third kappa shape index (κ3) is 4.42. The van der Waals surface area contributed by atoms with Gasteiger partial charge in [-0.3, -0.25) is 4.79 Å². The molecule has 26 heavy (non-hydrogen) atoms. The predicted molar refractivity (Wildman–Crippen MR) is 106 cm³/mol. The number of methoxy groups -OCH3 is 1. The molecule has 3 aromatic rings. The molecule has 134 valence electrons. The standard InChI is InChI=1S/C20H19ClN2O2S/c1-23(17-8-3-4-9-18(17)25-2)20(24)12-16-13-26-19(22-16)11-14-6-5-7-15(21)10-14/h3-10,13H,11-12H2,1-2H3. The van der Waals surface area contributed by atoms with E-state index in [4.69, 9.17) is 16.3 Å². The Hall–Kier alpha value is -2.37. The summed E-state index contributed by atoms with van der Waals surface area (Å²) in [5, 5.41) is 3.62. The highest BCUT2D eigenvalue weighted by Crippen LogP contribution is 2.27. The number of likely N-dealkylation sites (N-methyl/N-ethyl adjacent to an activating group) is 1. The Labute approximate surface area is 162 Å². The van der Waals surface area contributed by atoms with Crippen LogP contribution in [0.2, 0.25) is 5.02 Å². The van der Waals surface area contributed by atoms with E-state index in [-0.39, 0.29) is 12.3 Å². The molecule has 0 saturated heterocycles. The van der Waals surface area contributed by atoms with E-state index in [2.05, 4.69) is 4.98 Å². The van der Waals surface area contributed by atoms with E-state index in [9.17, 15) is 4.79 Å². The minimum Gasteiger partial charge on any atom is -0.495 e. The van der Waals surface area contributed by atoms with Gasteiger partial charge in [-0.25, -0.2) is 4.98 Å². The average Bonchev–Trinajstić information content (AvgIpc) is 3.07. The molecule has 0 atom stereocenters. The zero-order chi connectivity index (χ0) is 18.5. The van der Waals surface area contributed by atoms with Crippen molar-refractivity contribution < 1.29 is 9.53 Å². The number of hydrogen-bond acceptors (Lipinski definition) is 4. The number of carbonyl (C=O) groups excluding carboxylic acids is 1. The molecule has 0 bridgehead atoms. The van der Waals surface area contributed by atoms with Gasteiger partial charge in [0.1, 0.15) is 5.75 Å². The lowest BCUT2D eigenvalue weighted by atomic mass is 10.2. The number of thiazole rings is 1. The highest BCUT2D eigenvalue weighted by Gasteiger charge is 2.16. The van der Waals surface area contributed by atoms with Crippen molar-refractivity contribution in [2.24, 2.45) is 0 Å². The molecule has 1 aromatic heterocycles. The fourth-order valence-corrected chi connectivity index (χ4v) is 3.69. The summed E-state index contributed by atoms with van der Waals surface area (Å²) < 4.78 is 5.33. The molecule has 0 unspecified atom stereocenters. The van der Waals surface area contributed by atoms with Crippen LogP contribution in [-0.4, -0.2) is 25.0 Å². The van der Waals surface area contributed by atoms with Crippen molar-refractivity contribution in [3.05, 3.63) is 75.2 Å². The molecule has 0 spiro atoms. The lowest BCUT2D eigenvalue weighted by molar-refractivity contribution is -0.117.